The number of carboxylic acids is 1. The summed E-state index contributed by atoms with van der Waals surface area (Å²) in [6, 6.07) is 8.10. The highest BCUT2D eigenvalue weighted by atomic mass is 16.5. The lowest BCUT2D eigenvalue weighted by molar-refractivity contribution is -0.144. The van der Waals surface area contributed by atoms with Crippen molar-refractivity contribution in [3.8, 4) is 5.75 Å². The second kappa shape index (κ2) is 5.68. The van der Waals surface area contributed by atoms with Gasteiger partial charge in [0.15, 0.2) is 0 Å². The molecular weight excluding hydrogens is 266 g/mol. The quantitative estimate of drug-likeness (QED) is 0.895. The van der Waals surface area contributed by atoms with Gasteiger partial charge in [0, 0.05) is 6.42 Å². The van der Waals surface area contributed by atoms with Crippen molar-refractivity contribution in [2.24, 2.45) is 0 Å². The first-order chi connectivity index (χ1) is 9.77. The molecule has 2 atom stereocenters. The first kappa shape index (κ1) is 15.8. The van der Waals surface area contributed by atoms with E-state index in [-0.39, 0.29) is 11.5 Å². The van der Waals surface area contributed by atoms with E-state index in [0.717, 1.165) is 12.2 Å². The first-order valence-corrected chi connectivity index (χ1v) is 7.46. The monoisotopic (exact) mass is 291 g/mol. The van der Waals surface area contributed by atoms with Crippen LogP contribution in [0.5, 0.6) is 5.75 Å². The zero-order chi connectivity index (χ0) is 15.7. The van der Waals surface area contributed by atoms with Crippen LogP contribution in [-0.2, 0) is 10.2 Å². The predicted molar refractivity (Wildman–Crippen MR) is 82.8 cm³/mol. The second-order valence-electron chi connectivity index (χ2n) is 6.89. The molecule has 116 valence electrons. The van der Waals surface area contributed by atoms with Crippen molar-refractivity contribution in [2.45, 2.75) is 57.1 Å². The summed E-state index contributed by atoms with van der Waals surface area (Å²) in [5.74, 6) is 0.0180. The van der Waals surface area contributed by atoms with E-state index in [1.54, 1.807) is 7.05 Å². The minimum absolute atomic E-state index is 0.0472. The predicted octanol–water partition coefficient (Wildman–Crippen LogP) is 2.96. The molecule has 0 saturated heterocycles. The third-order valence-electron chi connectivity index (χ3n) is 4.38. The van der Waals surface area contributed by atoms with Gasteiger partial charge in [0.1, 0.15) is 17.4 Å². The smallest absolute Gasteiger partial charge is 0.324 e. The molecule has 0 amide bonds. The van der Waals surface area contributed by atoms with E-state index in [1.807, 2.05) is 12.1 Å². The highest BCUT2D eigenvalue weighted by Gasteiger charge is 2.45. The molecule has 1 saturated carbocycles. The van der Waals surface area contributed by atoms with E-state index >= 15 is 0 Å². The Kier molecular flexibility index (Phi) is 4.28. The maximum Gasteiger partial charge on any atom is 0.324 e. The summed E-state index contributed by atoms with van der Waals surface area (Å²) in [7, 11) is 1.70. The van der Waals surface area contributed by atoms with Crippen LogP contribution >= 0.6 is 0 Å². The Balaban J connectivity index is 2.02. The van der Waals surface area contributed by atoms with E-state index in [0.29, 0.717) is 12.8 Å². The fraction of sp³-hybridized carbons (Fsp3) is 0.588. The second-order valence-corrected chi connectivity index (χ2v) is 6.89. The molecule has 0 heterocycles. The minimum Gasteiger partial charge on any atom is -0.490 e. The van der Waals surface area contributed by atoms with Gasteiger partial charge in [0.05, 0.1) is 0 Å². The van der Waals surface area contributed by atoms with Crippen LogP contribution in [0.25, 0.3) is 0 Å². The zero-order valence-electron chi connectivity index (χ0n) is 13.3. The van der Waals surface area contributed by atoms with Crippen LogP contribution in [0.2, 0.25) is 0 Å². The molecule has 2 unspecified atom stereocenters. The van der Waals surface area contributed by atoms with E-state index in [2.05, 4.69) is 38.2 Å². The summed E-state index contributed by atoms with van der Waals surface area (Å²) in [6.45, 7) is 6.52. The number of rotatable bonds is 4. The van der Waals surface area contributed by atoms with Crippen LogP contribution in [0, 0.1) is 0 Å². The number of hydrogen-bond donors (Lipinski definition) is 2. The highest BCUT2D eigenvalue weighted by molar-refractivity contribution is 5.79. The Hall–Kier alpha value is -1.55. The normalized spacial score (nSPS) is 25.8. The van der Waals surface area contributed by atoms with Gasteiger partial charge in [0.25, 0.3) is 0 Å². The lowest BCUT2D eigenvalue weighted by Crippen LogP contribution is -2.48. The van der Waals surface area contributed by atoms with E-state index in [4.69, 9.17) is 4.74 Å². The van der Waals surface area contributed by atoms with Gasteiger partial charge in [0.2, 0.25) is 0 Å². The van der Waals surface area contributed by atoms with Crippen molar-refractivity contribution in [2.75, 3.05) is 7.05 Å². The number of aliphatic carboxylic acids is 1. The molecule has 1 aliphatic rings. The average molecular weight is 291 g/mol. The van der Waals surface area contributed by atoms with Crippen LogP contribution in [-0.4, -0.2) is 29.8 Å². The fourth-order valence-corrected chi connectivity index (χ4v) is 2.85. The molecule has 2 rings (SSSR count). The molecule has 0 spiro atoms. The van der Waals surface area contributed by atoms with Crippen LogP contribution in [0.1, 0.15) is 45.6 Å². The molecule has 1 fully saturated rings. The molecule has 1 aromatic carbocycles. The highest BCUT2D eigenvalue weighted by Crippen LogP contribution is 2.33. The molecule has 1 aliphatic carbocycles. The number of hydrogen-bond acceptors (Lipinski definition) is 3. The Morgan fingerprint density at radius 3 is 2.38 bits per heavy atom. The molecule has 4 heteroatoms. The zero-order valence-corrected chi connectivity index (χ0v) is 13.3. The van der Waals surface area contributed by atoms with Gasteiger partial charge in [-0.2, -0.15) is 0 Å². The Morgan fingerprint density at radius 2 is 1.95 bits per heavy atom. The van der Waals surface area contributed by atoms with Crippen molar-refractivity contribution in [1.29, 1.82) is 0 Å². The summed E-state index contributed by atoms with van der Waals surface area (Å²) < 4.78 is 5.95. The third-order valence-corrected chi connectivity index (χ3v) is 4.38. The molecule has 0 aliphatic heterocycles. The number of nitrogens with one attached hydrogen (secondary N) is 1. The molecule has 1 aromatic rings. The number of ether oxygens (including phenoxy) is 1. The number of benzene rings is 1. The van der Waals surface area contributed by atoms with Crippen molar-refractivity contribution >= 4 is 5.97 Å². The molecule has 0 radical (unpaired) electrons. The maximum atomic E-state index is 11.4. The Morgan fingerprint density at radius 1 is 1.33 bits per heavy atom. The number of carbonyl (C=O) groups is 1. The number of carboxylic acid groups (broad SMARTS) is 1. The maximum absolute atomic E-state index is 11.4. The standard InChI is InChI=1S/C17H25NO3/c1-16(2,3)12-5-7-13(8-6-12)21-14-9-10-17(11-14,18-4)15(19)20/h5-8,14,18H,9-11H2,1-4H3,(H,19,20). The average Bonchev–Trinajstić information content (AvgIpc) is 2.83. The van der Waals surface area contributed by atoms with Gasteiger partial charge in [-0.3, -0.25) is 4.79 Å². The summed E-state index contributed by atoms with van der Waals surface area (Å²) in [5, 5.41) is 12.3. The van der Waals surface area contributed by atoms with Gasteiger partial charge < -0.3 is 15.2 Å². The van der Waals surface area contributed by atoms with E-state index < -0.39 is 11.5 Å². The van der Waals surface area contributed by atoms with Gasteiger partial charge in [-0.1, -0.05) is 32.9 Å². The Labute approximate surface area is 126 Å². The van der Waals surface area contributed by atoms with Crippen molar-refractivity contribution < 1.29 is 14.6 Å². The number of likely N-dealkylation sites (N-methyl/N-ethyl adjacent to an activating group) is 1. The van der Waals surface area contributed by atoms with Crippen LogP contribution in [0.4, 0.5) is 0 Å². The molecule has 2 N–H and O–H groups in total. The summed E-state index contributed by atoms with van der Waals surface area (Å²) >= 11 is 0. The lowest BCUT2D eigenvalue weighted by Gasteiger charge is -2.24. The SMILES string of the molecule is CNC1(C(=O)O)CCC(Oc2ccc(C(C)(C)C)cc2)C1. The third kappa shape index (κ3) is 3.38. The van der Waals surface area contributed by atoms with Gasteiger partial charge in [-0.15, -0.1) is 0 Å². The van der Waals surface area contributed by atoms with Gasteiger partial charge >= 0.3 is 5.97 Å². The van der Waals surface area contributed by atoms with E-state index in [1.165, 1.54) is 5.56 Å². The van der Waals surface area contributed by atoms with Crippen molar-refractivity contribution in [3.05, 3.63) is 29.8 Å². The molecule has 0 aromatic heterocycles. The van der Waals surface area contributed by atoms with Crippen molar-refractivity contribution in [1.82, 2.24) is 5.32 Å². The van der Waals surface area contributed by atoms with Gasteiger partial charge in [-0.25, -0.2) is 0 Å². The van der Waals surface area contributed by atoms with E-state index in [9.17, 15) is 9.90 Å². The van der Waals surface area contributed by atoms with Crippen LogP contribution < -0.4 is 10.1 Å². The summed E-state index contributed by atoms with van der Waals surface area (Å²) in [6.07, 6.45) is 1.81. The fourth-order valence-electron chi connectivity index (χ4n) is 2.85. The summed E-state index contributed by atoms with van der Waals surface area (Å²) in [4.78, 5) is 11.4. The van der Waals surface area contributed by atoms with Crippen LogP contribution in [0.3, 0.4) is 0 Å². The lowest BCUT2D eigenvalue weighted by atomic mass is 9.87. The molecule has 21 heavy (non-hydrogen) atoms. The van der Waals surface area contributed by atoms with Gasteiger partial charge in [-0.05, 0) is 43.0 Å². The van der Waals surface area contributed by atoms with Crippen molar-refractivity contribution in [3.63, 3.8) is 0 Å². The summed E-state index contributed by atoms with van der Waals surface area (Å²) in [5.41, 5.74) is 0.545. The molecule has 4 nitrogen and oxygen atoms in total. The molecule has 0 bridgehead atoms. The minimum atomic E-state index is -0.837. The molecular formula is C17H25NO3. The van der Waals surface area contributed by atoms with Crippen LogP contribution in [0.15, 0.2) is 24.3 Å². The Bertz CT molecular complexity index is 504. The topological polar surface area (TPSA) is 58.6 Å². The first-order valence-electron chi connectivity index (χ1n) is 7.46. The largest absolute Gasteiger partial charge is 0.490 e.